The number of carbonyl (C=O) groups excluding carboxylic acids is 1. The van der Waals surface area contributed by atoms with Crippen LogP contribution in [0.4, 0.5) is 24.5 Å². The van der Waals surface area contributed by atoms with Crippen molar-refractivity contribution >= 4 is 17.3 Å². The SMILES string of the molecule is Cc1cccc(N[C@@H](C)C(=O)Nc2ccc(F)c(F)c2F)c1. The Bertz CT molecular complexity index is 704. The van der Waals surface area contributed by atoms with E-state index >= 15 is 0 Å². The normalized spacial score (nSPS) is 11.9. The first-order chi connectivity index (χ1) is 10.4. The molecule has 0 unspecified atom stereocenters. The van der Waals surface area contributed by atoms with Crippen LogP contribution in [-0.2, 0) is 4.79 Å². The summed E-state index contributed by atoms with van der Waals surface area (Å²) in [6.07, 6.45) is 0. The molecule has 2 aromatic carbocycles. The van der Waals surface area contributed by atoms with Gasteiger partial charge >= 0.3 is 0 Å². The van der Waals surface area contributed by atoms with Crippen LogP contribution in [0.3, 0.4) is 0 Å². The summed E-state index contributed by atoms with van der Waals surface area (Å²) in [5.74, 6) is -4.90. The Morgan fingerprint density at radius 3 is 2.50 bits per heavy atom. The maximum Gasteiger partial charge on any atom is 0.246 e. The zero-order valence-corrected chi connectivity index (χ0v) is 12.1. The lowest BCUT2D eigenvalue weighted by Crippen LogP contribution is -2.32. The summed E-state index contributed by atoms with van der Waals surface area (Å²) in [6.45, 7) is 3.49. The van der Waals surface area contributed by atoms with E-state index in [1.165, 1.54) is 0 Å². The second-order valence-corrected chi connectivity index (χ2v) is 4.95. The molecule has 3 nitrogen and oxygen atoms in total. The highest BCUT2D eigenvalue weighted by atomic mass is 19.2. The van der Waals surface area contributed by atoms with Crippen LogP contribution in [0.5, 0.6) is 0 Å². The summed E-state index contributed by atoms with van der Waals surface area (Å²) < 4.78 is 39.5. The molecule has 0 fully saturated rings. The predicted octanol–water partition coefficient (Wildman–Crippen LogP) is 3.85. The molecule has 0 aliphatic heterocycles. The van der Waals surface area contributed by atoms with Gasteiger partial charge in [-0.15, -0.1) is 0 Å². The lowest BCUT2D eigenvalue weighted by atomic mass is 10.2. The van der Waals surface area contributed by atoms with Gasteiger partial charge in [0.2, 0.25) is 5.91 Å². The molecule has 0 saturated heterocycles. The number of hydrogen-bond donors (Lipinski definition) is 2. The average molecular weight is 308 g/mol. The third-order valence-corrected chi connectivity index (χ3v) is 3.09. The van der Waals surface area contributed by atoms with Crippen LogP contribution in [-0.4, -0.2) is 11.9 Å². The average Bonchev–Trinajstić information content (AvgIpc) is 2.47. The Hall–Kier alpha value is -2.50. The fourth-order valence-electron chi connectivity index (χ4n) is 1.91. The summed E-state index contributed by atoms with van der Waals surface area (Å²) in [5, 5.41) is 5.18. The molecular formula is C16H15F3N2O. The van der Waals surface area contributed by atoms with E-state index in [0.29, 0.717) is 0 Å². The van der Waals surface area contributed by atoms with Gasteiger partial charge in [0.05, 0.1) is 5.69 Å². The lowest BCUT2D eigenvalue weighted by Gasteiger charge is -2.16. The largest absolute Gasteiger partial charge is 0.374 e. The molecule has 0 radical (unpaired) electrons. The van der Waals surface area contributed by atoms with E-state index in [1.807, 2.05) is 25.1 Å². The van der Waals surface area contributed by atoms with Crippen LogP contribution in [0.2, 0.25) is 0 Å². The molecule has 2 aromatic rings. The minimum Gasteiger partial charge on any atom is -0.374 e. The molecule has 0 aliphatic carbocycles. The Balaban J connectivity index is 2.07. The van der Waals surface area contributed by atoms with E-state index in [-0.39, 0.29) is 0 Å². The standard InChI is InChI=1S/C16H15F3N2O/c1-9-4-3-5-11(8-9)20-10(2)16(22)21-13-7-6-12(17)14(18)15(13)19/h3-8,10,20H,1-2H3,(H,21,22)/t10-/m0/s1. The number of rotatable bonds is 4. The van der Waals surface area contributed by atoms with Gasteiger partial charge in [0.1, 0.15) is 6.04 Å². The zero-order chi connectivity index (χ0) is 16.3. The summed E-state index contributed by atoms with van der Waals surface area (Å²) in [4.78, 5) is 12.0. The van der Waals surface area contributed by atoms with Crippen LogP contribution in [0, 0.1) is 24.4 Å². The minimum atomic E-state index is -1.61. The second-order valence-electron chi connectivity index (χ2n) is 4.95. The van der Waals surface area contributed by atoms with Crippen molar-refractivity contribution in [3.63, 3.8) is 0 Å². The topological polar surface area (TPSA) is 41.1 Å². The molecule has 22 heavy (non-hydrogen) atoms. The zero-order valence-electron chi connectivity index (χ0n) is 12.1. The van der Waals surface area contributed by atoms with Gasteiger partial charge in [-0.1, -0.05) is 12.1 Å². The van der Waals surface area contributed by atoms with Crippen molar-refractivity contribution < 1.29 is 18.0 Å². The van der Waals surface area contributed by atoms with E-state index in [2.05, 4.69) is 10.6 Å². The number of benzene rings is 2. The number of nitrogens with one attached hydrogen (secondary N) is 2. The minimum absolute atomic E-state index is 0.401. The van der Waals surface area contributed by atoms with Crippen molar-refractivity contribution in [3.8, 4) is 0 Å². The predicted molar refractivity (Wildman–Crippen MR) is 79.2 cm³/mol. The van der Waals surface area contributed by atoms with Crippen LogP contribution >= 0.6 is 0 Å². The molecule has 1 amide bonds. The first-order valence-electron chi connectivity index (χ1n) is 6.66. The maximum atomic E-state index is 13.5. The first kappa shape index (κ1) is 15.9. The van der Waals surface area contributed by atoms with Gasteiger partial charge in [0.25, 0.3) is 0 Å². The van der Waals surface area contributed by atoms with Crippen LogP contribution in [0.25, 0.3) is 0 Å². The van der Waals surface area contributed by atoms with Crippen molar-refractivity contribution in [2.24, 2.45) is 0 Å². The summed E-state index contributed by atoms with van der Waals surface area (Å²) in [5.41, 5.74) is 1.35. The van der Waals surface area contributed by atoms with Crippen molar-refractivity contribution in [1.29, 1.82) is 0 Å². The van der Waals surface area contributed by atoms with Crippen molar-refractivity contribution in [1.82, 2.24) is 0 Å². The third kappa shape index (κ3) is 3.58. The molecule has 2 rings (SSSR count). The van der Waals surface area contributed by atoms with Gasteiger partial charge in [-0.3, -0.25) is 4.79 Å². The van der Waals surface area contributed by atoms with Gasteiger partial charge in [-0.25, -0.2) is 13.2 Å². The second kappa shape index (κ2) is 6.51. The van der Waals surface area contributed by atoms with Gasteiger partial charge in [-0.2, -0.15) is 0 Å². The van der Waals surface area contributed by atoms with Crippen LogP contribution < -0.4 is 10.6 Å². The molecule has 0 aliphatic rings. The van der Waals surface area contributed by atoms with Crippen LogP contribution in [0.15, 0.2) is 36.4 Å². The van der Waals surface area contributed by atoms with E-state index in [1.54, 1.807) is 13.0 Å². The van der Waals surface area contributed by atoms with Crippen molar-refractivity contribution in [3.05, 3.63) is 59.4 Å². The molecule has 0 bridgehead atoms. The molecular weight excluding hydrogens is 293 g/mol. The quantitative estimate of drug-likeness (QED) is 0.842. The molecule has 0 aromatic heterocycles. The molecule has 116 valence electrons. The van der Waals surface area contributed by atoms with Crippen molar-refractivity contribution in [2.75, 3.05) is 10.6 Å². The maximum absolute atomic E-state index is 13.5. The fraction of sp³-hybridized carbons (Fsp3) is 0.188. The van der Waals surface area contributed by atoms with Gasteiger partial charge in [0, 0.05) is 5.69 Å². The highest BCUT2D eigenvalue weighted by Gasteiger charge is 2.18. The molecule has 0 saturated carbocycles. The number of hydrogen-bond acceptors (Lipinski definition) is 2. The van der Waals surface area contributed by atoms with Crippen molar-refractivity contribution in [2.45, 2.75) is 19.9 Å². The molecule has 2 N–H and O–H groups in total. The Labute approximate surface area is 126 Å². The first-order valence-corrected chi connectivity index (χ1v) is 6.66. The highest BCUT2D eigenvalue weighted by molar-refractivity contribution is 5.96. The smallest absolute Gasteiger partial charge is 0.246 e. The Kier molecular flexibility index (Phi) is 4.70. The third-order valence-electron chi connectivity index (χ3n) is 3.09. The van der Waals surface area contributed by atoms with Gasteiger partial charge < -0.3 is 10.6 Å². The number of anilines is 2. The lowest BCUT2D eigenvalue weighted by molar-refractivity contribution is -0.116. The van der Waals surface area contributed by atoms with Crippen LogP contribution in [0.1, 0.15) is 12.5 Å². The Morgan fingerprint density at radius 2 is 1.82 bits per heavy atom. The molecule has 6 heteroatoms. The molecule has 1 atom stereocenters. The fourth-order valence-corrected chi connectivity index (χ4v) is 1.91. The van der Waals surface area contributed by atoms with Gasteiger partial charge in [0.15, 0.2) is 17.5 Å². The number of amides is 1. The van der Waals surface area contributed by atoms with E-state index < -0.39 is 35.1 Å². The number of carbonyl (C=O) groups is 1. The number of aryl methyl sites for hydroxylation is 1. The Morgan fingerprint density at radius 1 is 1.09 bits per heavy atom. The monoisotopic (exact) mass is 308 g/mol. The summed E-state index contributed by atoms with van der Waals surface area (Å²) in [7, 11) is 0. The van der Waals surface area contributed by atoms with Gasteiger partial charge in [-0.05, 0) is 43.7 Å². The van der Waals surface area contributed by atoms with E-state index in [4.69, 9.17) is 0 Å². The summed E-state index contributed by atoms with van der Waals surface area (Å²) in [6, 6.07) is 8.42. The molecule has 0 spiro atoms. The van der Waals surface area contributed by atoms with E-state index in [0.717, 1.165) is 23.4 Å². The number of halogens is 3. The summed E-state index contributed by atoms with van der Waals surface area (Å²) >= 11 is 0. The molecule has 0 heterocycles. The highest BCUT2D eigenvalue weighted by Crippen LogP contribution is 2.20. The van der Waals surface area contributed by atoms with E-state index in [9.17, 15) is 18.0 Å².